The SMILES string of the molecule is CN(Cc1cc(C(F)(F)F)cc(C(F)(F)F)c1)C(=O)C1CCN(C(=O)C2CCN(C(=O)OC(C)(C)C)CC2)CC1c1ccccc1. The molecule has 2 unspecified atom stereocenters. The molecular weight excluding hydrogens is 616 g/mol. The van der Waals surface area contributed by atoms with Gasteiger partial charge in [-0.25, -0.2) is 4.79 Å². The summed E-state index contributed by atoms with van der Waals surface area (Å²) < 4.78 is 85.9. The van der Waals surface area contributed by atoms with Gasteiger partial charge in [-0.2, -0.15) is 26.3 Å². The Morgan fingerprint density at radius 3 is 1.89 bits per heavy atom. The van der Waals surface area contributed by atoms with Gasteiger partial charge in [-0.05, 0) is 69.4 Å². The van der Waals surface area contributed by atoms with Gasteiger partial charge in [0.2, 0.25) is 11.8 Å². The number of halogens is 6. The molecule has 2 fully saturated rings. The van der Waals surface area contributed by atoms with Crippen molar-refractivity contribution in [2.75, 3.05) is 33.2 Å². The van der Waals surface area contributed by atoms with Gasteiger partial charge in [-0.1, -0.05) is 30.3 Å². The van der Waals surface area contributed by atoms with Crippen LogP contribution in [0.4, 0.5) is 31.1 Å². The first-order valence-corrected chi connectivity index (χ1v) is 15.2. The van der Waals surface area contributed by atoms with Gasteiger partial charge in [0, 0.05) is 57.5 Å². The zero-order chi connectivity index (χ0) is 34.0. The average molecular weight is 656 g/mol. The number of ether oxygens (including phenoxy) is 1. The van der Waals surface area contributed by atoms with Crippen molar-refractivity contribution in [2.45, 2.75) is 70.4 Å². The van der Waals surface area contributed by atoms with Crippen LogP contribution < -0.4 is 0 Å². The van der Waals surface area contributed by atoms with Gasteiger partial charge in [-0.3, -0.25) is 9.59 Å². The predicted octanol–water partition coefficient (Wildman–Crippen LogP) is 6.96. The summed E-state index contributed by atoms with van der Waals surface area (Å²) in [6.45, 7) is 6.13. The molecule has 7 nitrogen and oxygen atoms in total. The second kappa shape index (κ2) is 13.5. The van der Waals surface area contributed by atoms with Crippen LogP contribution in [0.15, 0.2) is 48.5 Å². The number of benzene rings is 2. The molecule has 0 N–H and O–H groups in total. The molecule has 46 heavy (non-hydrogen) atoms. The molecule has 2 atom stereocenters. The molecule has 2 aromatic rings. The second-order valence-corrected chi connectivity index (χ2v) is 13.0. The number of likely N-dealkylation sites (tertiary alicyclic amines) is 2. The van der Waals surface area contributed by atoms with Crippen molar-refractivity contribution in [3.8, 4) is 0 Å². The van der Waals surface area contributed by atoms with E-state index in [2.05, 4.69) is 0 Å². The standard InChI is InChI=1S/C33H39F6N3O4/c1-31(2,3)46-30(45)41-13-10-23(11-14-41)28(43)42-15-12-26(27(20-42)22-8-6-5-7-9-22)29(44)40(4)19-21-16-24(32(34,35)36)18-25(17-21)33(37,38)39/h5-9,16-18,23,26-27H,10-15,19-20H2,1-4H3. The van der Waals surface area contributed by atoms with Crippen molar-refractivity contribution >= 4 is 17.9 Å². The second-order valence-electron chi connectivity index (χ2n) is 13.0. The highest BCUT2D eigenvalue weighted by Crippen LogP contribution is 2.38. The molecule has 0 radical (unpaired) electrons. The van der Waals surface area contributed by atoms with E-state index in [1.165, 1.54) is 7.05 Å². The smallest absolute Gasteiger partial charge is 0.416 e. The van der Waals surface area contributed by atoms with Crippen LogP contribution in [-0.2, 0) is 33.2 Å². The molecule has 2 heterocycles. The number of nitrogens with zero attached hydrogens (tertiary/aromatic N) is 3. The van der Waals surface area contributed by atoms with Gasteiger partial charge in [0.15, 0.2) is 0 Å². The molecule has 2 aliphatic heterocycles. The van der Waals surface area contributed by atoms with Gasteiger partial charge < -0.3 is 19.4 Å². The molecule has 0 aromatic heterocycles. The molecule has 13 heteroatoms. The van der Waals surface area contributed by atoms with Crippen LogP contribution in [0.5, 0.6) is 0 Å². The fourth-order valence-electron chi connectivity index (χ4n) is 6.12. The predicted molar refractivity (Wildman–Crippen MR) is 157 cm³/mol. The van der Waals surface area contributed by atoms with Crippen LogP contribution in [0, 0.1) is 11.8 Å². The van der Waals surface area contributed by atoms with E-state index in [0.717, 1.165) is 10.5 Å². The number of hydrogen-bond donors (Lipinski definition) is 0. The third kappa shape index (κ3) is 8.73. The molecule has 2 aliphatic rings. The number of piperidine rings is 2. The monoisotopic (exact) mass is 655 g/mol. The van der Waals surface area contributed by atoms with Crippen molar-refractivity contribution in [3.63, 3.8) is 0 Å². The summed E-state index contributed by atoms with van der Waals surface area (Å²) in [6, 6.07) is 10.4. The van der Waals surface area contributed by atoms with Gasteiger partial charge in [0.1, 0.15) is 5.60 Å². The van der Waals surface area contributed by atoms with Crippen molar-refractivity contribution in [2.24, 2.45) is 11.8 Å². The Labute approximate surface area is 264 Å². The Morgan fingerprint density at radius 2 is 1.37 bits per heavy atom. The number of rotatable bonds is 5. The Hall–Kier alpha value is -3.77. The highest BCUT2D eigenvalue weighted by atomic mass is 19.4. The van der Waals surface area contributed by atoms with Crippen LogP contribution in [0.3, 0.4) is 0 Å². The number of alkyl halides is 6. The molecular formula is C33H39F6N3O4. The zero-order valence-electron chi connectivity index (χ0n) is 26.3. The van der Waals surface area contributed by atoms with Gasteiger partial charge in [0.05, 0.1) is 11.1 Å². The van der Waals surface area contributed by atoms with Crippen molar-refractivity contribution < 1.29 is 45.5 Å². The lowest BCUT2D eigenvalue weighted by molar-refractivity contribution is -0.144. The molecule has 0 saturated carbocycles. The summed E-state index contributed by atoms with van der Waals surface area (Å²) in [5.41, 5.74) is -3.01. The molecule has 2 aromatic carbocycles. The number of carbonyl (C=O) groups is 3. The topological polar surface area (TPSA) is 70.2 Å². The van der Waals surface area contributed by atoms with Crippen LogP contribution in [0.2, 0.25) is 0 Å². The minimum Gasteiger partial charge on any atom is -0.444 e. The maximum absolute atomic E-state index is 13.8. The summed E-state index contributed by atoms with van der Waals surface area (Å²) in [5, 5.41) is 0. The maximum Gasteiger partial charge on any atom is 0.416 e. The summed E-state index contributed by atoms with van der Waals surface area (Å²) in [6.07, 6.45) is -9.22. The molecule has 0 bridgehead atoms. The normalized spacial score (nSPS) is 20.0. The van der Waals surface area contributed by atoms with Gasteiger partial charge >= 0.3 is 18.4 Å². The van der Waals surface area contributed by atoms with Crippen molar-refractivity contribution in [1.29, 1.82) is 0 Å². The first kappa shape index (κ1) is 35.1. The van der Waals surface area contributed by atoms with Gasteiger partial charge in [-0.15, -0.1) is 0 Å². The third-order valence-corrected chi connectivity index (χ3v) is 8.41. The molecule has 4 rings (SSSR count). The van der Waals surface area contributed by atoms with Crippen LogP contribution >= 0.6 is 0 Å². The third-order valence-electron chi connectivity index (χ3n) is 8.41. The van der Waals surface area contributed by atoms with E-state index < -0.39 is 59.5 Å². The largest absolute Gasteiger partial charge is 0.444 e. The van der Waals surface area contributed by atoms with Crippen LogP contribution in [0.1, 0.15) is 68.2 Å². The van der Waals surface area contributed by atoms with Gasteiger partial charge in [0.25, 0.3) is 0 Å². The molecule has 252 valence electrons. The summed E-state index contributed by atoms with van der Waals surface area (Å²) >= 11 is 0. The van der Waals surface area contributed by atoms with E-state index in [-0.39, 0.29) is 43.0 Å². The highest BCUT2D eigenvalue weighted by Gasteiger charge is 2.41. The summed E-state index contributed by atoms with van der Waals surface area (Å²) in [5.74, 6) is -1.92. The van der Waals surface area contributed by atoms with E-state index in [0.29, 0.717) is 38.1 Å². The van der Waals surface area contributed by atoms with Crippen LogP contribution in [-0.4, -0.2) is 71.4 Å². The Morgan fingerprint density at radius 1 is 0.826 bits per heavy atom. The molecule has 0 spiro atoms. The van der Waals surface area contributed by atoms with E-state index in [1.807, 2.05) is 18.2 Å². The number of carbonyl (C=O) groups excluding carboxylic acids is 3. The molecule has 3 amide bonds. The fourth-order valence-corrected chi connectivity index (χ4v) is 6.12. The first-order chi connectivity index (χ1) is 21.3. The lowest BCUT2D eigenvalue weighted by Gasteiger charge is -2.42. The number of amides is 3. The fraction of sp³-hybridized carbons (Fsp3) is 0.545. The zero-order valence-corrected chi connectivity index (χ0v) is 26.3. The van der Waals surface area contributed by atoms with E-state index in [4.69, 9.17) is 4.74 Å². The lowest BCUT2D eigenvalue weighted by Crippen LogP contribution is -2.51. The molecule has 0 aliphatic carbocycles. The van der Waals surface area contributed by atoms with Crippen LogP contribution in [0.25, 0.3) is 0 Å². The highest BCUT2D eigenvalue weighted by molar-refractivity contribution is 5.82. The minimum absolute atomic E-state index is 0.0604. The first-order valence-electron chi connectivity index (χ1n) is 15.2. The Bertz CT molecular complexity index is 1370. The number of hydrogen-bond acceptors (Lipinski definition) is 4. The van der Waals surface area contributed by atoms with E-state index >= 15 is 0 Å². The van der Waals surface area contributed by atoms with Crippen molar-refractivity contribution in [1.82, 2.24) is 14.7 Å². The average Bonchev–Trinajstić information content (AvgIpc) is 2.98. The quantitative estimate of drug-likeness (QED) is 0.327. The Kier molecular flexibility index (Phi) is 10.3. The minimum atomic E-state index is -5.00. The maximum atomic E-state index is 13.8. The molecule has 2 saturated heterocycles. The van der Waals surface area contributed by atoms with E-state index in [9.17, 15) is 40.7 Å². The van der Waals surface area contributed by atoms with Crippen molar-refractivity contribution in [3.05, 3.63) is 70.8 Å². The summed E-state index contributed by atoms with van der Waals surface area (Å²) in [7, 11) is 1.36. The Balaban J connectivity index is 1.48. The lowest BCUT2D eigenvalue weighted by atomic mass is 9.79. The summed E-state index contributed by atoms with van der Waals surface area (Å²) in [4.78, 5) is 44.3. The van der Waals surface area contributed by atoms with E-state index in [1.54, 1.807) is 42.7 Å².